The van der Waals surface area contributed by atoms with Gasteiger partial charge in [0.25, 0.3) is 0 Å². The van der Waals surface area contributed by atoms with Crippen LogP contribution in [0.25, 0.3) is 0 Å². The average Bonchev–Trinajstić information content (AvgIpc) is 2.70. The van der Waals surface area contributed by atoms with Crippen molar-refractivity contribution in [3.8, 4) is 0 Å². The van der Waals surface area contributed by atoms with Gasteiger partial charge in [-0.25, -0.2) is 4.79 Å². The van der Waals surface area contributed by atoms with Gasteiger partial charge in [0.15, 0.2) is 0 Å². The van der Waals surface area contributed by atoms with Crippen LogP contribution in [-0.4, -0.2) is 34.7 Å². The van der Waals surface area contributed by atoms with Gasteiger partial charge < -0.3 is 9.84 Å². The molecule has 1 saturated heterocycles. The molecular formula is C13H12F3NO4. The summed E-state index contributed by atoms with van der Waals surface area (Å²) < 4.78 is 42.1. The molecular weight excluding hydrogens is 291 g/mol. The maximum atomic E-state index is 12.4. The summed E-state index contributed by atoms with van der Waals surface area (Å²) in [5.74, 6) is -1.07. The van der Waals surface area contributed by atoms with E-state index in [9.17, 15) is 22.8 Å². The molecule has 21 heavy (non-hydrogen) atoms. The van der Waals surface area contributed by atoms with Crippen molar-refractivity contribution in [3.63, 3.8) is 0 Å². The number of hydrogen-bond donors (Lipinski definition) is 1. The number of aliphatic carboxylic acids is 1. The number of benzene rings is 1. The van der Waals surface area contributed by atoms with Gasteiger partial charge >= 0.3 is 18.2 Å². The maximum Gasteiger partial charge on any atom is 0.416 e. The molecule has 0 bridgehead atoms. The zero-order chi connectivity index (χ0) is 15.6. The van der Waals surface area contributed by atoms with Gasteiger partial charge in [0.2, 0.25) is 0 Å². The lowest BCUT2D eigenvalue weighted by Crippen LogP contribution is -2.34. The van der Waals surface area contributed by atoms with E-state index < -0.39 is 29.8 Å². The Kier molecular flexibility index (Phi) is 4.06. The first-order valence-corrected chi connectivity index (χ1v) is 6.08. The third kappa shape index (κ3) is 3.65. The Bertz CT molecular complexity index is 541. The van der Waals surface area contributed by atoms with Crippen molar-refractivity contribution in [3.05, 3.63) is 35.4 Å². The smallest absolute Gasteiger partial charge is 0.416 e. The molecule has 0 spiro atoms. The second kappa shape index (κ2) is 5.63. The summed E-state index contributed by atoms with van der Waals surface area (Å²) in [6.07, 6.45) is -5.36. The monoisotopic (exact) mass is 303 g/mol. The standard InChI is InChI=1S/C13H12F3NO4/c14-13(15,16)9-3-1-8(2-4-9)6-17-10(5-11(18)19)7-21-12(17)20/h1-4,10H,5-7H2,(H,18,19). The molecule has 0 radical (unpaired) electrons. The van der Waals surface area contributed by atoms with E-state index in [1.54, 1.807) is 0 Å². The van der Waals surface area contributed by atoms with E-state index in [1.807, 2.05) is 0 Å². The van der Waals surface area contributed by atoms with Gasteiger partial charge in [-0.3, -0.25) is 9.69 Å². The highest BCUT2D eigenvalue weighted by atomic mass is 19.4. The maximum absolute atomic E-state index is 12.4. The van der Waals surface area contributed by atoms with Gasteiger partial charge in [-0.1, -0.05) is 12.1 Å². The van der Waals surface area contributed by atoms with Crippen molar-refractivity contribution in [1.82, 2.24) is 4.90 Å². The van der Waals surface area contributed by atoms with Gasteiger partial charge in [-0.2, -0.15) is 13.2 Å². The molecule has 0 aliphatic carbocycles. The minimum atomic E-state index is -4.42. The van der Waals surface area contributed by atoms with E-state index >= 15 is 0 Å². The molecule has 1 aromatic carbocycles. The molecule has 1 fully saturated rings. The Balaban J connectivity index is 2.09. The molecule has 2 rings (SSSR count). The number of hydrogen-bond acceptors (Lipinski definition) is 3. The van der Waals surface area contributed by atoms with Crippen LogP contribution < -0.4 is 0 Å². The molecule has 1 atom stereocenters. The molecule has 1 N–H and O–H groups in total. The normalized spacial score (nSPS) is 18.7. The Morgan fingerprint density at radius 3 is 2.48 bits per heavy atom. The van der Waals surface area contributed by atoms with Crippen molar-refractivity contribution < 1.29 is 32.6 Å². The van der Waals surface area contributed by atoms with Gasteiger partial charge in [0, 0.05) is 6.54 Å². The summed E-state index contributed by atoms with van der Waals surface area (Å²) in [4.78, 5) is 23.4. The fourth-order valence-electron chi connectivity index (χ4n) is 2.05. The molecule has 5 nitrogen and oxygen atoms in total. The van der Waals surface area contributed by atoms with E-state index in [-0.39, 0.29) is 19.6 Å². The van der Waals surface area contributed by atoms with E-state index in [0.717, 1.165) is 12.1 Å². The van der Waals surface area contributed by atoms with Crippen LogP contribution in [0.1, 0.15) is 17.5 Å². The summed E-state index contributed by atoms with van der Waals surface area (Å²) in [6.45, 7) is -0.0271. The Morgan fingerprint density at radius 2 is 1.95 bits per heavy atom. The second-order valence-corrected chi connectivity index (χ2v) is 4.65. The Morgan fingerprint density at radius 1 is 1.33 bits per heavy atom. The molecule has 0 saturated carbocycles. The lowest BCUT2D eigenvalue weighted by molar-refractivity contribution is -0.138. The highest BCUT2D eigenvalue weighted by Gasteiger charge is 2.35. The summed E-state index contributed by atoms with van der Waals surface area (Å²) in [5.41, 5.74) is -0.311. The van der Waals surface area contributed by atoms with Crippen molar-refractivity contribution in [1.29, 1.82) is 0 Å². The van der Waals surface area contributed by atoms with Crippen LogP contribution in [0.3, 0.4) is 0 Å². The van der Waals surface area contributed by atoms with Crippen LogP contribution >= 0.6 is 0 Å². The first-order chi connectivity index (χ1) is 9.77. The minimum absolute atomic E-state index is 0.00885. The fraction of sp³-hybridized carbons (Fsp3) is 0.385. The van der Waals surface area contributed by atoms with Crippen LogP contribution in [-0.2, 0) is 22.3 Å². The largest absolute Gasteiger partial charge is 0.481 e. The van der Waals surface area contributed by atoms with Crippen molar-refractivity contribution >= 4 is 12.1 Å². The van der Waals surface area contributed by atoms with Gasteiger partial charge in [0.05, 0.1) is 18.0 Å². The van der Waals surface area contributed by atoms with Crippen molar-refractivity contribution in [2.24, 2.45) is 0 Å². The SMILES string of the molecule is O=C(O)CC1COC(=O)N1Cc1ccc(C(F)(F)F)cc1. The lowest BCUT2D eigenvalue weighted by Gasteiger charge is -2.20. The first kappa shape index (κ1) is 15.1. The van der Waals surface area contributed by atoms with Crippen LogP contribution in [0.15, 0.2) is 24.3 Å². The summed E-state index contributed by atoms with van der Waals surface area (Å²) in [7, 11) is 0. The van der Waals surface area contributed by atoms with Crippen LogP contribution in [0.5, 0.6) is 0 Å². The predicted octanol–water partition coefficient (Wildman–Crippen LogP) is 2.50. The number of carbonyl (C=O) groups is 2. The van der Waals surface area contributed by atoms with Gasteiger partial charge in [-0.05, 0) is 17.7 Å². The van der Waals surface area contributed by atoms with E-state index in [2.05, 4.69) is 0 Å². The number of carboxylic acid groups (broad SMARTS) is 1. The quantitative estimate of drug-likeness (QED) is 0.928. The van der Waals surface area contributed by atoms with E-state index in [4.69, 9.17) is 9.84 Å². The van der Waals surface area contributed by atoms with E-state index in [1.165, 1.54) is 17.0 Å². The summed E-state index contributed by atoms with van der Waals surface area (Å²) >= 11 is 0. The highest BCUT2D eigenvalue weighted by molar-refractivity contribution is 5.73. The highest BCUT2D eigenvalue weighted by Crippen LogP contribution is 2.29. The number of nitrogens with zero attached hydrogens (tertiary/aromatic N) is 1. The summed E-state index contributed by atoms with van der Waals surface area (Å²) in [5, 5.41) is 8.75. The second-order valence-electron chi connectivity index (χ2n) is 4.65. The number of amides is 1. The molecule has 1 aliphatic rings. The average molecular weight is 303 g/mol. The number of carbonyl (C=O) groups excluding carboxylic acids is 1. The molecule has 1 aromatic rings. The molecule has 1 heterocycles. The first-order valence-electron chi connectivity index (χ1n) is 6.08. The Labute approximate surface area is 117 Å². The number of halogens is 3. The molecule has 114 valence electrons. The molecule has 8 heteroatoms. The van der Waals surface area contributed by atoms with Crippen molar-refractivity contribution in [2.75, 3.05) is 6.61 Å². The number of alkyl halides is 3. The molecule has 0 aromatic heterocycles. The van der Waals surface area contributed by atoms with Crippen LogP contribution in [0.2, 0.25) is 0 Å². The third-order valence-corrected chi connectivity index (χ3v) is 3.12. The minimum Gasteiger partial charge on any atom is -0.481 e. The number of cyclic esters (lactones) is 1. The molecule has 1 aliphatic heterocycles. The summed E-state index contributed by atoms with van der Waals surface area (Å²) in [6, 6.07) is 3.74. The van der Waals surface area contributed by atoms with E-state index in [0.29, 0.717) is 5.56 Å². The number of rotatable bonds is 4. The van der Waals surface area contributed by atoms with Crippen LogP contribution in [0, 0.1) is 0 Å². The Hall–Kier alpha value is -2.25. The zero-order valence-electron chi connectivity index (χ0n) is 10.8. The predicted molar refractivity (Wildman–Crippen MR) is 64.4 cm³/mol. The fourth-order valence-corrected chi connectivity index (χ4v) is 2.05. The topological polar surface area (TPSA) is 66.8 Å². The van der Waals surface area contributed by atoms with Gasteiger partial charge in [0.1, 0.15) is 6.61 Å². The molecule has 1 unspecified atom stereocenters. The number of carboxylic acids is 1. The van der Waals surface area contributed by atoms with Gasteiger partial charge in [-0.15, -0.1) is 0 Å². The molecule has 1 amide bonds. The zero-order valence-corrected chi connectivity index (χ0v) is 10.8. The van der Waals surface area contributed by atoms with Crippen LogP contribution in [0.4, 0.5) is 18.0 Å². The third-order valence-electron chi connectivity index (χ3n) is 3.12. The van der Waals surface area contributed by atoms with Crippen molar-refractivity contribution in [2.45, 2.75) is 25.2 Å². The number of ether oxygens (including phenoxy) is 1. The lowest BCUT2D eigenvalue weighted by atomic mass is 10.1.